The summed E-state index contributed by atoms with van der Waals surface area (Å²) in [5.41, 5.74) is 0.0461. The van der Waals surface area contributed by atoms with Crippen molar-refractivity contribution in [2.75, 3.05) is 27.2 Å². The van der Waals surface area contributed by atoms with Crippen LogP contribution in [0.5, 0.6) is 0 Å². The first-order valence-corrected chi connectivity index (χ1v) is 9.11. The van der Waals surface area contributed by atoms with Crippen LogP contribution in [0.1, 0.15) is 32.3 Å². The fourth-order valence-corrected chi connectivity index (χ4v) is 3.00. The molecule has 0 saturated carbocycles. The summed E-state index contributed by atoms with van der Waals surface area (Å²) in [4.78, 5) is 31.7. The third-order valence-electron chi connectivity index (χ3n) is 4.78. The van der Waals surface area contributed by atoms with E-state index in [1.807, 2.05) is 24.9 Å². The van der Waals surface area contributed by atoms with Gasteiger partial charge >= 0.3 is 6.03 Å². The Morgan fingerprint density at radius 3 is 2.74 bits per heavy atom. The summed E-state index contributed by atoms with van der Waals surface area (Å²) in [6.07, 6.45) is 1.16. The molecule has 3 amide bonds. The molecule has 0 aromatic heterocycles. The number of benzene rings is 1. The van der Waals surface area contributed by atoms with Gasteiger partial charge in [-0.1, -0.05) is 19.1 Å². The van der Waals surface area contributed by atoms with Gasteiger partial charge in [0.25, 0.3) is 5.91 Å². The van der Waals surface area contributed by atoms with Crippen LogP contribution in [0.15, 0.2) is 29.3 Å². The van der Waals surface area contributed by atoms with Crippen molar-refractivity contribution in [1.29, 1.82) is 0 Å². The Labute approximate surface area is 159 Å². The van der Waals surface area contributed by atoms with Crippen LogP contribution in [-0.2, 0) is 11.3 Å². The van der Waals surface area contributed by atoms with Crippen molar-refractivity contribution in [3.05, 3.63) is 35.6 Å². The van der Waals surface area contributed by atoms with Gasteiger partial charge in [0.2, 0.25) is 0 Å². The molecule has 1 atom stereocenters. The van der Waals surface area contributed by atoms with Gasteiger partial charge in [0, 0.05) is 33.7 Å². The van der Waals surface area contributed by atoms with E-state index in [-0.39, 0.29) is 17.8 Å². The third kappa shape index (κ3) is 4.96. The predicted molar refractivity (Wildman–Crippen MR) is 103 cm³/mol. The van der Waals surface area contributed by atoms with Crippen LogP contribution in [0.4, 0.5) is 9.18 Å². The van der Waals surface area contributed by atoms with E-state index in [0.29, 0.717) is 38.4 Å². The Balaban J connectivity index is 1.81. The standard InChI is InChI=1S/C19H28FN5O2/c1-5-19(2)16(26)25(18(27)23-19)11-7-10-22-17(21-3)24(4)13-14-8-6-9-15(20)12-14/h6,8-9,12H,5,7,10-11,13H2,1-4H3,(H,21,22)(H,23,27). The van der Waals surface area contributed by atoms with Crippen molar-refractivity contribution in [1.82, 2.24) is 20.4 Å². The second-order valence-electron chi connectivity index (χ2n) is 6.89. The Bertz CT molecular complexity index is 724. The van der Waals surface area contributed by atoms with Crippen LogP contribution in [0, 0.1) is 5.82 Å². The average molecular weight is 377 g/mol. The molecule has 7 nitrogen and oxygen atoms in total. The van der Waals surface area contributed by atoms with Gasteiger partial charge in [0.1, 0.15) is 11.4 Å². The summed E-state index contributed by atoms with van der Waals surface area (Å²) in [6, 6.07) is 6.10. The van der Waals surface area contributed by atoms with Gasteiger partial charge in [-0.2, -0.15) is 0 Å². The Kier molecular flexibility index (Phi) is 6.76. The number of amides is 3. The molecule has 0 radical (unpaired) electrons. The zero-order valence-corrected chi connectivity index (χ0v) is 16.4. The number of halogens is 1. The topological polar surface area (TPSA) is 77.0 Å². The second-order valence-corrected chi connectivity index (χ2v) is 6.89. The lowest BCUT2D eigenvalue weighted by molar-refractivity contribution is -0.130. The quantitative estimate of drug-likeness (QED) is 0.330. The third-order valence-corrected chi connectivity index (χ3v) is 4.78. The molecule has 1 aromatic rings. The summed E-state index contributed by atoms with van der Waals surface area (Å²) in [5, 5.41) is 5.95. The van der Waals surface area contributed by atoms with Crippen LogP contribution < -0.4 is 10.6 Å². The highest BCUT2D eigenvalue weighted by molar-refractivity contribution is 6.06. The molecule has 1 aromatic carbocycles. The molecule has 0 bridgehead atoms. The van der Waals surface area contributed by atoms with Gasteiger partial charge < -0.3 is 15.5 Å². The van der Waals surface area contributed by atoms with Crippen LogP contribution >= 0.6 is 0 Å². The van der Waals surface area contributed by atoms with Crippen LogP contribution in [0.3, 0.4) is 0 Å². The molecule has 0 spiro atoms. The van der Waals surface area contributed by atoms with E-state index < -0.39 is 5.54 Å². The molecule has 2 N–H and O–H groups in total. The second kappa shape index (κ2) is 8.83. The number of nitrogens with one attached hydrogen (secondary N) is 2. The van der Waals surface area contributed by atoms with Gasteiger partial charge in [-0.3, -0.25) is 14.7 Å². The summed E-state index contributed by atoms with van der Waals surface area (Å²) in [5.74, 6) is 0.217. The molecule has 1 unspecified atom stereocenters. The Morgan fingerprint density at radius 2 is 2.15 bits per heavy atom. The fourth-order valence-electron chi connectivity index (χ4n) is 3.00. The summed E-state index contributed by atoms with van der Waals surface area (Å²) in [6.45, 7) is 5.04. The molecule has 8 heteroatoms. The largest absolute Gasteiger partial charge is 0.356 e. The van der Waals surface area contributed by atoms with Gasteiger partial charge in [-0.05, 0) is 37.5 Å². The maximum atomic E-state index is 13.3. The van der Waals surface area contributed by atoms with Crippen LogP contribution in [0.25, 0.3) is 0 Å². The van der Waals surface area contributed by atoms with Crippen molar-refractivity contribution >= 4 is 17.9 Å². The van der Waals surface area contributed by atoms with Crippen molar-refractivity contribution in [2.24, 2.45) is 4.99 Å². The molecule has 0 aliphatic carbocycles. The lowest BCUT2D eigenvalue weighted by atomic mass is 9.99. The van der Waals surface area contributed by atoms with E-state index in [0.717, 1.165) is 5.56 Å². The molecule has 2 rings (SSSR count). The number of hydrogen-bond donors (Lipinski definition) is 2. The fraction of sp³-hybridized carbons (Fsp3) is 0.526. The highest BCUT2D eigenvalue weighted by Crippen LogP contribution is 2.20. The Hall–Kier alpha value is -2.64. The maximum absolute atomic E-state index is 13.3. The van der Waals surface area contributed by atoms with Crippen molar-refractivity contribution in [3.63, 3.8) is 0 Å². The molecule has 1 saturated heterocycles. The van der Waals surface area contributed by atoms with Gasteiger partial charge in [-0.25, -0.2) is 9.18 Å². The lowest BCUT2D eigenvalue weighted by Gasteiger charge is -2.23. The Morgan fingerprint density at radius 1 is 1.41 bits per heavy atom. The first kappa shape index (κ1) is 20.7. The number of urea groups is 1. The van der Waals surface area contributed by atoms with E-state index >= 15 is 0 Å². The van der Waals surface area contributed by atoms with E-state index in [4.69, 9.17) is 0 Å². The summed E-state index contributed by atoms with van der Waals surface area (Å²) in [7, 11) is 3.54. The SMILES string of the molecule is CCC1(C)NC(=O)N(CCCNC(=NC)N(C)Cc2cccc(F)c2)C1=O. The number of imide groups is 1. The monoisotopic (exact) mass is 377 g/mol. The first-order chi connectivity index (χ1) is 12.8. The minimum absolute atomic E-state index is 0.178. The number of carbonyl (C=O) groups is 2. The van der Waals surface area contributed by atoms with E-state index in [1.54, 1.807) is 20.0 Å². The summed E-state index contributed by atoms with van der Waals surface area (Å²) >= 11 is 0. The number of hydrogen-bond acceptors (Lipinski definition) is 3. The van der Waals surface area contributed by atoms with Crippen LogP contribution in [0.2, 0.25) is 0 Å². The number of rotatable bonds is 7. The molecule has 1 aliphatic rings. The lowest BCUT2D eigenvalue weighted by Crippen LogP contribution is -2.43. The van der Waals surface area contributed by atoms with Crippen molar-refractivity contribution in [3.8, 4) is 0 Å². The highest BCUT2D eigenvalue weighted by Gasteiger charge is 2.45. The van der Waals surface area contributed by atoms with E-state index in [9.17, 15) is 14.0 Å². The van der Waals surface area contributed by atoms with Crippen LogP contribution in [-0.4, -0.2) is 60.4 Å². The molecule has 1 fully saturated rings. The zero-order valence-electron chi connectivity index (χ0n) is 16.4. The molecule has 148 valence electrons. The smallest absolute Gasteiger partial charge is 0.325 e. The molecular formula is C19H28FN5O2. The molecular weight excluding hydrogens is 349 g/mol. The number of nitrogens with zero attached hydrogens (tertiary/aromatic N) is 3. The minimum atomic E-state index is -0.800. The number of carbonyl (C=O) groups excluding carboxylic acids is 2. The molecule has 1 aliphatic heterocycles. The minimum Gasteiger partial charge on any atom is -0.356 e. The van der Waals surface area contributed by atoms with E-state index in [1.165, 1.54) is 17.0 Å². The first-order valence-electron chi connectivity index (χ1n) is 9.11. The van der Waals surface area contributed by atoms with Gasteiger partial charge in [-0.15, -0.1) is 0 Å². The maximum Gasteiger partial charge on any atom is 0.325 e. The zero-order chi connectivity index (χ0) is 20.0. The summed E-state index contributed by atoms with van der Waals surface area (Å²) < 4.78 is 13.3. The molecule has 27 heavy (non-hydrogen) atoms. The molecule has 1 heterocycles. The average Bonchev–Trinajstić information content (AvgIpc) is 2.85. The predicted octanol–water partition coefficient (Wildman–Crippen LogP) is 1.94. The number of guanidine groups is 1. The van der Waals surface area contributed by atoms with Gasteiger partial charge in [0.05, 0.1) is 0 Å². The van der Waals surface area contributed by atoms with Crippen molar-refractivity contribution < 1.29 is 14.0 Å². The van der Waals surface area contributed by atoms with E-state index in [2.05, 4.69) is 15.6 Å². The highest BCUT2D eigenvalue weighted by atomic mass is 19.1. The van der Waals surface area contributed by atoms with Gasteiger partial charge in [0.15, 0.2) is 5.96 Å². The van der Waals surface area contributed by atoms with Crippen molar-refractivity contribution in [2.45, 2.75) is 38.8 Å². The normalized spacial score (nSPS) is 20.0. The number of aliphatic imine (C=N–C) groups is 1.